The van der Waals surface area contributed by atoms with Crippen LogP contribution in [0.1, 0.15) is 71.6 Å². The molecule has 0 bridgehead atoms. The van der Waals surface area contributed by atoms with Crippen LogP contribution in [0.2, 0.25) is 0 Å². The lowest BCUT2D eigenvalue weighted by molar-refractivity contribution is 0.0224. The molecule has 23 heavy (non-hydrogen) atoms. The number of rotatable bonds is 6. The van der Waals surface area contributed by atoms with E-state index in [1.807, 2.05) is 0 Å². The Morgan fingerprint density at radius 3 is 1.65 bits per heavy atom. The van der Waals surface area contributed by atoms with Crippen molar-refractivity contribution in [1.29, 1.82) is 0 Å². The smallest absolute Gasteiger partial charge is 0.264 e. The first-order valence-electron chi connectivity index (χ1n) is 8.08. The normalized spacial score (nSPS) is 22.1. The summed E-state index contributed by atoms with van der Waals surface area (Å²) in [5.41, 5.74) is -1.18. The van der Waals surface area contributed by atoms with E-state index in [2.05, 4.69) is 4.18 Å². The third-order valence-electron chi connectivity index (χ3n) is 4.51. The molecule has 0 aromatic rings. The summed E-state index contributed by atoms with van der Waals surface area (Å²) in [5, 5.41) is 27.9. The summed E-state index contributed by atoms with van der Waals surface area (Å²) in [7, 11) is -3.35. The number of hydrogen-bond donors (Lipinski definition) is 3. The van der Waals surface area contributed by atoms with E-state index in [0.717, 1.165) is 57.6 Å². The lowest BCUT2D eigenvalue weighted by atomic mass is 9.99. The highest BCUT2D eigenvalue weighted by atomic mass is 32.2. The van der Waals surface area contributed by atoms with Crippen molar-refractivity contribution in [3.05, 3.63) is 0 Å². The van der Waals surface area contributed by atoms with Crippen molar-refractivity contribution >= 4 is 10.1 Å². The zero-order valence-corrected chi connectivity index (χ0v) is 14.3. The van der Waals surface area contributed by atoms with Gasteiger partial charge >= 0.3 is 0 Å². The largest absolute Gasteiger partial charge is 0.396 e. The molecule has 3 N–H and O–H groups in total. The molecule has 0 saturated heterocycles. The Hall–Kier alpha value is -0.210. The number of hydrogen-bond acceptors (Lipinski definition) is 6. The molecular weight excluding hydrogens is 320 g/mol. The first-order valence-corrected chi connectivity index (χ1v) is 9.90. The maximum atomic E-state index is 10.6. The Labute approximate surface area is 141 Å². The summed E-state index contributed by atoms with van der Waals surface area (Å²) in [4.78, 5) is 0. The van der Waals surface area contributed by atoms with E-state index in [0.29, 0.717) is 12.8 Å². The second-order valence-electron chi connectivity index (χ2n) is 6.61. The molecule has 0 spiro atoms. The van der Waals surface area contributed by atoms with Crippen molar-refractivity contribution in [2.45, 2.75) is 82.8 Å². The minimum absolute atomic E-state index is 0. The fraction of sp³-hybridized carbons (Fsp3) is 1.00. The molecule has 2 rings (SSSR count). The van der Waals surface area contributed by atoms with Crippen molar-refractivity contribution < 1.29 is 27.9 Å². The summed E-state index contributed by atoms with van der Waals surface area (Å²) in [6.45, 7) is 0.214. The maximum Gasteiger partial charge on any atom is 0.264 e. The van der Waals surface area contributed by atoms with Gasteiger partial charge in [0.05, 0.1) is 24.1 Å². The molecule has 0 unspecified atom stereocenters. The van der Waals surface area contributed by atoms with E-state index >= 15 is 0 Å². The molecule has 0 radical (unpaired) electrons. The van der Waals surface area contributed by atoms with Crippen LogP contribution >= 0.6 is 0 Å². The van der Waals surface area contributed by atoms with Crippen molar-refractivity contribution in [1.82, 2.24) is 0 Å². The van der Waals surface area contributed by atoms with Gasteiger partial charge in [-0.15, -0.1) is 0 Å². The van der Waals surface area contributed by atoms with Crippen LogP contribution in [-0.2, 0) is 14.3 Å². The molecule has 2 saturated carbocycles. The summed E-state index contributed by atoms with van der Waals surface area (Å²) in [5.74, 6) is 0. The van der Waals surface area contributed by atoms with Gasteiger partial charge in [-0.05, 0) is 32.1 Å². The van der Waals surface area contributed by atoms with Crippen molar-refractivity contribution in [2.75, 3.05) is 19.5 Å². The predicted molar refractivity (Wildman–Crippen MR) is 90.7 cm³/mol. The van der Waals surface area contributed by atoms with Crippen LogP contribution in [0.5, 0.6) is 0 Å². The maximum absolute atomic E-state index is 10.6. The minimum Gasteiger partial charge on any atom is -0.396 e. The first kappa shape index (κ1) is 22.8. The molecule has 2 fully saturated rings. The van der Waals surface area contributed by atoms with Gasteiger partial charge in [-0.25, -0.2) is 0 Å². The third kappa shape index (κ3) is 9.62. The molecule has 6 nitrogen and oxygen atoms in total. The highest BCUT2D eigenvalue weighted by molar-refractivity contribution is 7.85. The van der Waals surface area contributed by atoms with Crippen molar-refractivity contribution in [3.63, 3.8) is 0 Å². The van der Waals surface area contributed by atoms with Gasteiger partial charge in [-0.1, -0.05) is 33.1 Å². The molecule has 2 aliphatic rings. The van der Waals surface area contributed by atoms with E-state index < -0.39 is 21.3 Å². The molecule has 0 atom stereocenters. The summed E-state index contributed by atoms with van der Waals surface area (Å²) in [6.07, 6.45) is 9.58. The summed E-state index contributed by atoms with van der Waals surface area (Å²) in [6, 6.07) is 0. The van der Waals surface area contributed by atoms with Crippen LogP contribution in [0.4, 0.5) is 0 Å². The van der Waals surface area contributed by atoms with Crippen LogP contribution in [-0.4, -0.2) is 54.4 Å². The van der Waals surface area contributed by atoms with E-state index in [9.17, 15) is 18.6 Å². The monoisotopic (exact) mass is 354 g/mol. The van der Waals surface area contributed by atoms with Crippen LogP contribution in [0.3, 0.4) is 0 Å². The van der Waals surface area contributed by atoms with Crippen LogP contribution < -0.4 is 0 Å². The molecule has 7 heteroatoms. The van der Waals surface area contributed by atoms with Gasteiger partial charge in [-0.3, -0.25) is 4.18 Å². The standard InChI is InChI=1S/C8H16O4S.C7H14O2.CH4/c1-13(10,11)12-7-6-8(9)4-2-3-5-8;8-6-5-7(9)3-1-2-4-7;/h9H,2-7H2,1H3;8-9H,1-6H2;1H4. The van der Waals surface area contributed by atoms with Crippen LogP contribution in [0.25, 0.3) is 0 Å². The molecule has 0 aliphatic heterocycles. The average molecular weight is 355 g/mol. The summed E-state index contributed by atoms with van der Waals surface area (Å²) < 4.78 is 25.8. The SMILES string of the molecule is C.CS(=O)(=O)OCCC1(O)CCCC1.OCCC1(O)CCCC1. The Balaban J connectivity index is 0.000000427. The highest BCUT2D eigenvalue weighted by Crippen LogP contribution is 2.32. The third-order valence-corrected chi connectivity index (χ3v) is 5.11. The van der Waals surface area contributed by atoms with Gasteiger partial charge in [0.1, 0.15) is 0 Å². The second-order valence-corrected chi connectivity index (χ2v) is 8.26. The number of aliphatic hydroxyl groups excluding tert-OH is 1. The Bertz CT molecular complexity index is 408. The predicted octanol–water partition coefficient (Wildman–Crippen LogP) is 1.97. The Kier molecular flexibility index (Phi) is 9.84. The molecule has 140 valence electrons. The zero-order chi connectivity index (χ0) is 16.7. The summed E-state index contributed by atoms with van der Waals surface area (Å²) >= 11 is 0. The molecule has 0 aromatic heterocycles. The molecule has 0 heterocycles. The first-order chi connectivity index (χ1) is 10.2. The lowest BCUT2D eigenvalue weighted by Crippen LogP contribution is -2.26. The minimum atomic E-state index is -3.35. The molecule has 2 aliphatic carbocycles. The van der Waals surface area contributed by atoms with Crippen molar-refractivity contribution in [3.8, 4) is 0 Å². The highest BCUT2D eigenvalue weighted by Gasteiger charge is 2.31. The molecule has 0 amide bonds. The fourth-order valence-corrected chi connectivity index (χ4v) is 3.54. The second kappa shape index (κ2) is 9.93. The topological polar surface area (TPSA) is 104 Å². The van der Waals surface area contributed by atoms with E-state index in [4.69, 9.17) is 5.11 Å². The number of aliphatic hydroxyl groups is 3. The lowest BCUT2D eigenvalue weighted by Gasteiger charge is -2.20. The van der Waals surface area contributed by atoms with Gasteiger partial charge < -0.3 is 15.3 Å². The van der Waals surface area contributed by atoms with Crippen molar-refractivity contribution in [2.24, 2.45) is 0 Å². The van der Waals surface area contributed by atoms with Gasteiger partial charge in [0.2, 0.25) is 0 Å². The molecular formula is C16H34O6S. The quantitative estimate of drug-likeness (QED) is 0.630. The van der Waals surface area contributed by atoms with Gasteiger partial charge in [-0.2, -0.15) is 8.42 Å². The van der Waals surface area contributed by atoms with E-state index in [1.165, 1.54) is 0 Å². The van der Waals surface area contributed by atoms with E-state index in [-0.39, 0.29) is 20.6 Å². The van der Waals surface area contributed by atoms with Crippen LogP contribution in [0, 0.1) is 0 Å². The average Bonchev–Trinajstić information content (AvgIpc) is 2.99. The zero-order valence-electron chi connectivity index (χ0n) is 13.5. The van der Waals surface area contributed by atoms with Crippen LogP contribution in [0.15, 0.2) is 0 Å². The van der Waals surface area contributed by atoms with Gasteiger partial charge in [0.25, 0.3) is 10.1 Å². The Morgan fingerprint density at radius 2 is 1.30 bits per heavy atom. The van der Waals surface area contributed by atoms with Gasteiger partial charge in [0, 0.05) is 13.0 Å². The Morgan fingerprint density at radius 1 is 0.913 bits per heavy atom. The van der Waals surface area contributed by atoms with E-state index in [1.54, 1.807) is 0 Å². The van der Waals surface area contributed by atoms with Gasteiger partial charge in [0.15, 0.2) is 0 Å². The molecule has 0 aromatic carbocycles. The fourth-order valence-electron chi connectivity index (χ4n) is 3.16.